The van der Waals surface area contributed by atoms with Crippen molar-refractivity contribution in [2.45, 2.75) is 17.6 Å². The number of amides is 1. The van der Waals surface area contributed by atoms with Crippen molar-refractivity contribution in [3.8, 4) is 0 Å². The molecular formula is C11H13F2NO5S. The average molecular weight is 309 g/mol. The first-order chi connectivity index (χ1) is 9.43. The van der Waals surface area contributed by atoms with Crippen molar-refractivity contribution in [1.82, 2.24) is 5.32 Å². The topological polar surface area (TPSA) is 88.8 Å². The van der Waals surface area contributed by atoms with E-state index >= 15 is 0 Å². The molecule has 0 saturated carbocycles. The first kappa shape index (κ1) is 16.4. The number of carboxylic acids is 1. The number of halogens is 2. The molecule has 1 unspecified atom stereocenters. The molecule has 2 N–H and O–H groups in total. The van der Waals surface area contributed by atoms with Crippen molar-refractivity contribution in [2.24, 2.45) is 0 Å². The van der Waals surface area contributed by atoms with Gasteiger partial charge in [-0.25, -0.2) is 4.79 Å². The van der Waals surface area contributed by atoms with Crippen LogP contribution >= 0.6 is 11.8 Å². The van der Waals surface area contributed by atoms with Gasteiger partial charge in [-0.05, 0) is 12.1 Å². The van der Waals surface area contributed by atoms with E-state index < -0.39 is 23.7 Å². The Balaban J connectivity index is 2.49. The van der Waals surface area contributed by atoms with Gasteiger partial charge < -0.3 is 19.6 Å². The Hall–Kier alpha value is -1.61. The molecule has 9 heteroatoms. The quantitative estimate of drug-likeness (QED) is 0.757. The number of methoxy groups -OCH3 is 1. The predicted molar refractivity (Wildman–Crippen MR) is 66.8 cm³/mol. The minimum Gasteiger partial charge on any atom is -0.479 e. The van der Waals surface area contributed by atoms with Crippen molar-refractivity contribution >= 4 is 23.6 Å². The predicted octanol–water partition coefficient (Wildman–Crippen LogP) is 1.56. The Labute approximate surface area is 117 Å². The number of carbonyl (C=O) groups is 2. The first-order valence-electron chi connectivity index (χ1n) is 5.46. The molecule has 0 radical (unpaired) electrons. The first-order valence-corrected chi connectivity index (χ1v) is 6.51. The molecule has 0 aromatic carbocycles. The van der Waals surface area contributed by atoms with Crippen LogP contribution in [0.1, 0.15) is 16.3 Å². The summed E-state index contributed by atoms with van der Waals surface area (Å²) in [7, 11) is 1.21. The summed E-state index contributed by atoms with van der Waals surface area (Å²) in [5.41, 5.74) is 0. The van der Waals surface area contributed by atoms with E-state index in [0.29, 0.717) is 11.8 Å². The molecule has 0 fully saturated rings. The third-order valence-corrected chi connectivity index (χ3v) is 2.95. The number of ether oxygens (including phenoxy) is 1. The molecule has 20 heavy (non-hydrogen) atoms. The van der Waals surface area contributed by atoms with Crippen LogP contribution in [0.25, 0.3) is 0 Å². The summed E-state index contributed by atoms with van der Waals surface area (Å²) >= 11 is 0.379. The Kier molecular flexibility index (Phi) is 6.46. The van der Waals surface area contributed by atoms with Crippen molar-refractivity contribution < 1.29 is 32.6 Å². The Morgan fingerprint density at radius 1 is 1.50 bits per heavy atom. The zero-order chi connectivity index (χ0) is 15.1. The molecule has 0 spiro atoms. The van der Waals surface area contributed by atoms with Crippen LogP contribution in [0.3, 0.4) is 0 Å². The van der Waals surface area contributed by atoms with Crippen LogP contribution in [0.15, 0.2) is 16.5 Å². The van der Waals surface area contributed by atoms with E-state index in [1.165, 1.54) is 19.2 Å². The number of rotatable bonds is 8. The smallest absolute Gasteiger partial charge is 0.334 e. The zero-order valence-corrected chi connectivity index (χ0v) is 11.3. The van der Waals surface area contributed by atoms with Crippen LogP contribution in [0, 0.1) is 0 Å². The summed E-state index contributed by atoms with van der Waals surface area (Å²) in [6.07, 6.45) is -1.16. The molecular weight excluding hydrogens is 296 g/mol. The fourth-order valence-corrected chi connectivity index (χ4v) is 1.71. The van der Waals surface area contributed by atoms with Crippen molar-refractivity contribution in [1.29, 1.82) is 0 Å². The van der Waals surface area contributed by atoms with Gasteiger partial charge in [-0.15, -0.1) is 0 Å². The fraction of sp³-hybridized carbons (Fsp3) is 0.455. The maximum Gasteiger partial charge on any atom is 0.334 e. The molecule has 0 aliphatic heterocycles. The molecule has 0 bridgehead atoms. The van der Waals surface area contributed by atoms with E-state index in [4.69, 9.17) is 9.52 Å². The lowest BCUT2D eigenvalue weighted by Crippen LogP contribution is -2.37. The van der Waals surface area contributed by atoms with E-state index in [2.05, 4.69) is 10.1 Å². The number of hydrogen-bond donors (Lipinski definition) is 2. The number of hydrogen-bond acceptors (Lipinski definition) is 5. The maximum atomic E-state index is 12.0. The molecule has 0 saturated heterocycles. The van der Waals surface area contributed by atoms with Crippen molar-refractivity contribution in [2.75, 3.05) is 13.7 Å². The molecule has 0 aliphatic rings. The number of alkyl halides is 2. The second kappa shape index (κ2) is 7.85. The van der Waals surface area contributed by atoms with Crippen molar-refractivity contribution in [3.05, 3.63) is 23.7 Å². The second-order valence-electron chi connectivity index (χ2n) is 3.61. The highest BCUT2D eigenvalue weighted by Crippen LogP contribution is 2.21. The Morgan fingerprint density at radius 3 is 2.75 bits per heavy atom. The van der Waals surface area contributed by atoms with Crippen LogP contribution in [-0.4, -0.2) is 42.5 Å². The lowest BCUT2D eigenvalue weighted by molar-refractivity contribution is -0.148. The number of aliphatic carboxylic acids is 1. The highest BCUT2D eigenvalue weighted by Gasteiger charge is 2.19. The number of furan rings is 1. The lowest BCUT2D eigenvalue weighted by atomic mass is 10.3. The molecule has 1 aromatic rings. The van der Waals surface area contributed by atoms with Gasteiger partial charge in [0.15, 0.2) is 11.9 Å². The zero-order valence-electron chi connectivity index (χ0n) is 10.5. The highest BCUT2D eigenvalue weighted by molar-refractivity contribution is 7.98. The third-order valence-electron chi connectivity index (χ3n) is 2.24. The van der Waals surface area contributed by atoms with Gasteiger partial charge in [0, 0.05) is 7.11 Å². The molecule has 1 aromatic heterocycles. The van der Waals surface area contributed by atoms with Gasteiger partial charge in [-0.3, -0.25) is 4.79 Å². The van der Waals surface area contributed by atoms with Gasteiger partial charge in [0.2, 0.25) is 0 Å². The average Bonchev–Trinajstić information content (AvgIpc) is 2.85. The number of thioether (sulfide) groups is 1. The molecule has 1 atom stereocenters. The summed E-state index contributed by atoms with van der Waals surface area (Å²) in [6, 6.07) is 2.74. The number of carboxylic acid groups (broad SMARTS) is 1. The van der Waals surface area contributed by atoms with Crippen molar-refractivity contribution in [3.63, 3.8) is 0 Å². The van der Waals surface area contributed by atoms with Gasteiger partial charge in [0.1, 0.15) is 5.76 Å². The minimum atomic E-state index is -2.52. The van der Waals surface area contributed by atoms with Crippen LogP contribution in [-0.2, 0) is 15.3 Å². The largest absolute Gasteiger partial charge is 0.479 e. The highest BCUT2D eigenvalue weighted by atomic mass is 32.2. The van der Waals surface area contributed by atoms with Gasteiger partial charge in [-0.2, -0.15) is 8.78 Å². The molecule has 112 valence electrons. The maximum absolute atomic E-state index is 12.0. The standard InChI is InChI=1S/C11H13F2NO5S/c1-18-8(10(16)17)4-14-9(15)7-3-2-6(19-7)5-20-11(12)13/h2-3,8,11H,4-5H2,1H3,(H,14,15)(H,16,17). The summed E-state index contributed by atoms with van der Waals surface area (Å²) in [5, 5.41) is 11.0. The third kappa shape index (κ3) is 5.17. The van der Waals surface area contributed by atoms with Gasteiger partial charge >= 0.3 is 5.97 Å². The second-order valence-corrected chi connectivity index (χ2v) is 4.59. The van der Waals surface area contributed by atoms with Gasteiger partial charge in [0.05, 0.1) is 12.3 Å². The summed E-state index contributed by atoms with van der Waals surface area (Å²) < 4.78 is 33.7. The van der Waals surface area contributed by atoms with Gasteiger partial charge in [-0.1, -0.05) is 11.8 Å². The van der Waals surface area contributed by atoms with E-state index in [1.54, 1.807) is 0 Å². The lowest BCUT2D eigenvalue weighted by Gasteiger charge is -2.10. The van der Waals surface area contributed by atoms with Gasteiger partial charge in [0.25, 0.3) is 11.7 Å². The molecule has 1 amide bonds. The number of carbonyl (C=O) groups excluding carboxylic acids is 1. The van der Waals surface area contributed by atoms with E-state index in [9.17, 15) is 18.4 Å². The van der Waals surface area contributed by atoms with Crippen LogP contribution in [0.5, 0.6) is 0 Å². The molecule has 1 heterocycles. The SMILES string of the molecule is COC(CNC(=O)c1ccc(CSC(F)F)o1)C(=O)O. The molecule has 6 nitrogen and oxygen atoms in total. The van der Waals surface area contributed by atoms with Crippen LogP contribution in [0.2, 0.25) is 0 Å². The Bertz CT molecular complexity index is 465. The minimum absolute atomic E-state index is 0.0548. The monoisotopic (exact) mass is 309 g/mol. The van der Waals surface area contributed by atoms with Crippen LogP contribution < -0.4 is 5.32 Å². The summed E-state index contributed by atoms with van der Waals surface area (Å²) in [4.78, 5) is 22.3. The fourth-order valence-electron chi connectivity index (χ4n) is 1.27. The van der Waals surface area contributed by atoms with Crippen LogP contribution in [0.4, 0.5) is 8.78 Å². The number of nitrogens with one attached hydrogen (secondary N) is 1. The molecule has 1 rings (SSSR count). The molecule has 0 aliphatic carbocycles. The summed E-state index contributed by atoms with van der Waals surface area (Å²) in [6.45, 7) is -0.230. The summed E-state index contributed by atoms with van der Waals surface area (Å²) in [5.74, 6) is -4.25. The van der Waals surface area contributed by atoms with E-state index in [-0.39, 0.29) is 23.8 Å². The Morgan fingerprint density at radius 2 is 2.20 bits per heavy atom. The normalized spacial score (nSPS) is 12.4. The van der Waals surface area contributed by atoms with E-state index in [1.807, 2.05) is 0 Å². The van der Waals surface area contributed by atoms with E-state index in [0.717, 1.165) is 0 Å².